The van der Waals surface area contributed by atoms with Gasteiger partial charge in [0, 0.05) is 19.3 Å². The summed E-state index contributed by atoms with van der Waals surface area (Å²) in [4.78, 5) is 45.8. The maximum absolute atomic E-state index is 12.1. The van der Waals surface area contributed by atoms with Gasteiger partial charge in [-0.25, -0.2) is 0 Å². The third-order valence-electron chi connectivity index (χ3n) is 5.01. The van der Waals surface area contributed by atoms with E-state index >= 15 is 0 Å². The van der Waals surface area contributed by atoms with Crippen molar-refractivity contribution in [3.8, 4) is 0 Å². The number of ketones is 2. The van der Waals surface area contributed by atoms with E-state index in [0.29, 0.717) is 19.4 Å². The van der Waals surface area contributed by atoms with Crippen molar-refractivity contribution in [2.75, 3.05) is 19.8 Å². The van der Waals surface area contributed by atoms with Crippen LogP contribution in [-0.2, 0) is 47.6 Å². The maximum atomic E-state index is 12.1. The summed E-state index contributed by atoms with van der Waals surface area (Å²) < 4.78 is 32.7. The molecule has 0 bridgehead atoms. The lowest BCUT2D eigenvalue weighted by Crippen LogP contribution is -2.31. The molecule has 2 rings (SSSR count). The number of esters is 2. The van der Waals surface area contributed by atoms with Crippen LogP contribution in [0.1, 0.15) is 66.2 Å². The fourth-order valence-electron chi connectivity index (χ4n) is 3.13. The zero-order chi connectivity index (χ0) is 23.1. The van der Waals surface area contributed by atoms with Crippen LogP contribution in [0.2, 0.25) is 0 Å². The van der Waals surface area contributed by atoms with Gasteiger partial charge >= 0.3 is 11.9 Å². The van der Waals surface area contributed by atoms with Gasteiger partial charge in [0.25, 0.3) is 0 Å². The van der Waals surface area contributed by atoms with Gasteiger partial charge in [0.05, 0.1) is 25.0 Å². The second-order valence-electron chi connectivity index (χ2n) is 8.38. The third kappa shape index (κ3) is 9.02. The molecule has 10 nitrogen and oxygen atoms in total. The number of ether oxygens (including phenoxy) is 6. The molecule has 0 aromatic heterocycles. The Kier molecular flexibility index (Phi) is 9.11. The summed E-state index contributed by atoms with van der Waals surface area (Å²) in [6.07, 6.45) is -0.288. The standard InChI is InChI=1S/C21H32O10/c1-14(22)5-6-17(25)29-19-12-28-21(4,31-19)10-8-16(24)26-11-18-27-13-20(3,30-18)9-7-15(2)23/h18-19H,5-13H2,1-4H3. The first-order valence-corrected chi connectivity index (χ1v) is 10.4. The molecule has 31 heavy (non-hydrogen) atoms. The summed E-state index contributed by atoms with van der Waals surface area (Å²) in [6.45, 7) is 6.75. The fraction of sp³-hybridized carbons (Fsp3) is 0.810. The predicted octanol–water partition coefficient (Wildman–Crippen LogP) is 1.81. The SMILES string of the molecule is CC(=O)CCC(=O)OC1COC(C)(CCC(=O)OCC2OCC(C)(CCC(C)=O)O2)O1. The summed E-state index contributed by atoms with van der Waals surface area (Å²) in [6, 6.07) is 0. The molecule has 0 spiro atoms. The van der Waals surface area contributed by atoms with Crippen molar-refractivity contribution in [3.05, 3.63) is 0 Å². The van der Waals surface area contributed by atoms with E-state index < -0.39 is 35.9 Å². The second kappa shape index (κ2) is 11.1. The van der Waals surface area contributed by atoms with E-state index in [2.05, 4.69) is 0 Å². The summed E-state index contributed by atoms with van der Waals surface area (Å²) in [5.74, 6) is -2.12. The van der Waals surface area contributed by atoms with Gasteiger partial charge in [-0.2, -0.15) is 0 Å². The first-order chi connectivity index (χ1) is 14.5. The summed E-state index contributed by atoms with van der Waals surface area (Å²) >= 11 is 0. The second-order valence-corrected chi connectivity index (χ2v) is 8.38. The quantitative estimate of drug-likeness (QED) is 0.412. The molecule has 0 amide bonds. The van der Waals surface area contributed by atoms with Crippen LogP contribution in [0, 0.1) is 0 Å². The molecule has 0 saturated carbocycles. The molecule has 2 saturated heterocycles. The predicted molar refractivity (Wildman–Crippen MR) is 105 cm³/mol. The first kappa shape index (κ1) is 25.4. The van der Waals surface area contributed by atoms with E-state index in [-0.39, 0.29) is 50.5 Å². The minimum atomic E-state index is -1.09. The Morgan fingerprint density at radius 3 is 2.29 bits per heavy atom. The molecule has 2 heterocycles. The van der Waals surface area contributed by atoms with Crippen LogP contribution in [0.5, 0.6) is 0 Å². The molecule has 0 N–H and O–H groups in total. The van der Waals surface area contributed by atoms with Crippen molar-refractivity contribution in [3.63, 3.8) is 0 Å². The Morgan fingerprint density at radius 1 is 0.903 bits per heavy atom. The molecular formula is C21H32O10. The Bertz CT molecular complexity index is 677. The van der Waals surface area contributed by atoms with Crippen LogP contribution in [-0.4, -0.2) is 67.3 Å². The molecule has 2 aliphatic rings. The number of carbonyl (C=O) groups excluding carboxylic acids is 4. The van der Waals surface area contributed by atoms with Gasteiger partial charge in [-0.05, 0) is 34.1 Å². The van der Waals surface area contributed by atoms with E-state index in [0.717, 1.165) is 0 Å². The third-order valence-corrected chi connectivity index (χ3v) is 5.01. The monoisotopic (exact) mass is 444 g/mol. The molecule has 10 heteroatoms. The minimum Gasteiger partial charge on any atom is -0.460 e. The molecule has 176 valence electrons. The molecule has 0 aromatic rings. The van der Waals surface area contributed by atoms with Crippen molar-refractivity contribution >= 4 is 23.5 Å². The van der Waals surface area contributed by atoms with Crippen LogP contribution in [0.25, 0.3) is 0 Å². The van der Waals surface area contributed by atoms with Gasteiger partial charge in [-0.15, -0.1) is 0 Å². The largest absolute Gasteiger partial charge is 0.460 e. The van der Waals surface area contributed by atoms with Gasteiger partial charge in [0.15, 0.2) is 12.1 Å². The van der Waals surface area contributed by atoms with E-state index in [1.54, 1.807) is 6.92 Å². The van der Waals surface area contributed by atoms with Crippen LogP contribution in [0.4, 0.5) is 0 Å². The molecule has 0 aromatic carbocycles. The normalized spacial score (nSPS) is 30.2. The van der Waals surface area contributed by atoms with Crippen molar-refractivity contribution in [1.29, 1.82) is 0 Å². The lowest BCUT2D eigenvalue weighted by atomic mass is 10.0. The number of carbonyl (C=O) groups is 4. The zero-order valence-electron chi connectivity index (χ0n) is 18.6. The number of hydrogen-bond donors (Lipinski definition) is 0. The van der Waals surface area contributed by atoms with Gasteiger partial charge in [-0.3, -0.25) is 9.59 Å². The minimum absolute atomic E-state index is 0.0165. The van der Waals surface area contributed by atoms with Crippen LogP contribution < -0.4 is 0 Å². The topological polar surface area (TPSA) is 124 Å². The Balaban J connectivity index is 1.64. The smallest absolute Gasteiger partial charge is 0.308 e. The van der Waals surface area contributed by atoms with Crippen molar-refractivity contribution in [2.24, 2.45) is 0 Å². The van der Waals surface area contributed by atoms with E-state index in [4.69, 9.17) is 28.4 Å². The average molecular weight is 444 g/mol. The highest BCUT2D eigenvalue weighted by Gasteiger charge is 2.40. The van der Waals surface area contributed by atoms with Gasteiger partial charge < -0.3 is 38.0 Å². The van der Waals surface area contributed by atoms with E-state index in [1.807, 2.05) is 6.92 Å². The van der Waals surface area contributed by atoms with Crippen LogP contribution in [0.15, 0.2) is 0 Å². The average Bonchev–Trinajstić information content (AvgIpc) is 3.25. The molecule has 0 radical (unpaired) electrons. The molecular weight excluding hydrogens is 412 g/mol. The highest BCUT2D eigenvalue weighted by atomic mass is 16.8. The number of rotatable bonds is 12. The van der Waals surface area contributed by atoms with Gasteiger partial charge in [0.2, 0.25) is 6.29 Å². The summed E-state index contributed by atoms with van der Waals surface area (Å²) in [7, 11) is 0. The van der Waals surface area contributed by atoms with E-state index in [1.165, 1.54) is 13.8 Å². The molecule has 4 atom stereocenters. The van der Waals surface area contributed by atoms with Crippen LogP contribution >= 0.6 is 0 Å². The maximum Gasteiger partial charge on any atom is 0.308 e. The summed E-state index contributed by atoms with van der Waals surface area (Å²) in [5.41, 5.74) is -0.571. The highest BCUT2D eigenvalue weighted by molar-refractivity contribution is 5.81. The lowest BCUT2D eigenvalue weighted by Gasteiger charge is -2.23. The molecule has 4 unspecified atom stereocenters. The molecule has 2 fully saturated rings. The Labute approximate surface area is 181 Å². The zero-order valence-corrected chi connectivity index (χ0v) is 18.6. The van der Waals surface area contributed by atoms with Gasteiger partial charge in [0.1, 0.15) is 24.8 Å². The molecule has 0 aliphatic carbocycles. The van der Waals surface area contributed by atoms with E-state index in [9.17, 15) is 19.2 Å². The molecule has 2 aliphatic heterocycles. The van der Waals surface area contributed by atoms with Gasteiger partial charge in [-0.1, -0.05) is 0 Å². The van der Waals surface area contributed by atoms with Crippen molar-refractivity contribution < 1.29 is 47.6 Å². The summed E-state index contributed by atoms with van der Waals surface area (Å²) in [5, 5.41) is 0. The highest BCUT2D eigenvalue weighted by Crippen LogP contribution is 2.30. The number of hydrogen-bond acceptors (Lipinski definition) is 10. The Morgan fingerprint density at radius 2 is 1.61 bits per heavy atom. The van der Waals surface area contributed by atoms with Crippen LogP contribution in [0.3, 0.4) is 0 Å². The fourth-order valence-corrected chi connectivity index (χ4v) is 3.13. The number of Topliss-reactive ketones (excluding diaryl/α,β-unsaturated/α-hetero) is 2. The Hall–Kier alpha value is -1.88. The van der Waals surface area contributed by atoms with Crippen molar-refractivity contribution in [1.82, 2.24) is 0 Å². The lowest BCUT2D eigenvalue weighted by molar-refractivity contribution is -0.209. The first-order valence-electron chi connectivity index (χ1n) is 10.4. The van der Waals surface area contributed by atoms with Crippen molar-refractivity contribution in [2.45, 2.75) is 90.2 Å².